The molecule has 0 unspecified atom stereocenters. The van der Waals surface area contributed by atoms with Gasteiger partial charge < -0.3 is 0 Å². The van der Waals surface area contributed by atoms with Crippen LogP contribution in [0.2, 0.25) is 0 Å². The molecule has 1 aliphatic carbocycles. The van der Waals surface area contributed by atoms with Gasteiger partial charge in [-0.25, -0.2) is 0 Å². The van der Waals surface area contributed by atoms with Crippen molar-refractivity contribution in [2.75, 3.05) is 0 Å². The summed E-state index contributed by atoms with van der Waals surface area (Å²) in [5.74, 6) is 0. The second kappa shape index (κ2) is 2.93. The lowest BCUT2D eigenvalue weighted by molar-refractivity contribution is 0.576. The number of hydrogen-bond donors (Lipinski definition) is 0. The van der Waals surface area contributed by atoms with Crippen LogP contribution in [0.25, 0.3) is 0 Å². The molecule has 0 aromatic rings. The quantitative estimate of drug-likeness (QED) is 0.476. The van der Waals surface area contributed by atoms with E-state index in [1.165, 1.54) is 0 Å². The van der Waals surface area contributed by atoms with Crippen molar-refractivity contribution in [1.82, 2.24) is 0 Å². The SMILES string of the molecule is CC1(C)C=CC=CC(C)(C)C=C1. The highest BCUT2D eigenvalue weighted by Crippen LogP contribution is 2.27. The zero-order valence-electron chi connectivity index (χ0n) is 8.46. The lowest BCUT2D eigenvalue weighted by Crippen LogP contribution is -2.09. The predicted molar refractivity (Wildman–Crippen MR) is 55.0 cm³/mol. The van der Waals surface area contributed by atoms with E-state index >= 15 is 0 Å². The van der Waals surface area contributed by atoms with Crippen LogP contribution in [0.4, 0.5) is 0 Å². The molecule has 0 aliphatic heterocycles. The standard InChI is InChI=1S/C12H18/c1-11(2)7-5-6-8-12(3,4)10-9-11/h5-10H,1-4H3. The lowest BCUT2D eigenvalue weighted by atomic mass is 9.84. The molecule has 12 heavy (non-hydrogen) atoms. The van der Waals surface area contributed by atoms with E-state index in [9.17, 15) is 0 Å². The molecule has 0 saturated heterocycles. The molecule has 0 aromatic heterocycles. The Bertz CT molecular complexity index is 211. The van der Waals surface area contributed by atoms with Crippen molar-refractivity contribution in [2.24, 2.45) is 10.8 Å². The third-order valence-electron chi connectivity index (χ3n) is 2.11. The Labute approximate surface area is 75.7 Å². The minimum absolute atomic E-state index is 0.196. The molecule has 0 aromatic carbocycles. The highest BCUT2D eigenvalue weighted by Gasteiger charge is 2.14. The van der Waals surface area contributed by atoms with Crippen molar-refractivity contribution in [3.8, 4) is 0 Å². The maximum absolute atomic E-state index is 2.27. The predicted octanol–water partition coefficient (Wildman–Crippen LogP) is 3.72. The van der Waals surface area contributed by atoms with Gasteiger partial charge in [0.05, 0.1) is 0 Å². The van der Waals surface area contributed by atoms with E-state index in [1.54, 1.807) is 0 Å². The van der Waals surface area contributed by atoms with Gasteiger partial charge in [0.25, 0.3) is 0 Å². The van der Waals surface area contributed by atoms with E-state index in [2.05, 4.69) is 64.2 Å². The van der Waals surface area contributed by atoms with Gasteiger partial charge in [-0.3, -0.25) is 0 Å². The maximum atomic E-state index is 2.27. The second-order valence-corrected chi connectivity index (χ2v) is 4.69. The van der Waals surface area contributed by atoms with Crippen molar-refractivity contribution in [1.29, 1.82) is 0 Å². The molecule has 0 heterocycles. The molecule has 0 atom stereocenters. The van der Waals surface area contributed by atoms with E-state index in [0.29, 0.717) is 0 Å². The Morgan fingerprint density at radius 3 is 1.25 bits per heavy atom. The lowest BCUT2D eigenvalue weighted by Gasteiger charge is -2.21. The third kappa shape index (κ3) is 2.69. The Kier molecular flexibility index (Phi) is 2.27. The minimum Gasteiger partial charge on any atom is -0.0782 e. The number of rotatable bonds is 0. The first-order valence-electron chi connectivity index (χ1n) is 4.49. The van der Waals surface area contributed by atoms with Crippen LogP contribution >= 0.6 is 0 Å². The molecule has 0 heteroatoms. The summed E-state index contributed by atoms with van der Waals surface area (Å²) in [6.45, 7) is 8.87. The molecule has 0 radical (unpaired) electrons. The summed E-state index contributed by atoms with van der Waals surface area (Å²) < 4.78 is 0. The summed E-state index contributed by atoms with van der Waals surface area (Å²) >= 11 is 0. The van der Waals surface area contributed by atoms with E-state index in [0.717, 1.165) is 0 Å². The molecule has 0 spiro atoms. The molecule has 0 saturated carbocycles. The van der Waals surface area contributed by atoms with Crippen LogP contribution in [0.1, 0.15) is 27.7 Å². The Morgan fingerprint density at radius 2 is 0.917 bits per heavy atom. The summed E-state index contributed by atoms with van der Waals surface area (Å²) in [7, 11) is 0. The van der Waals surface area contributed by atoms with E-state index in [4.69, 9.17) is 0 Å². The molecule has 0 nitrogen and oxygen atoms in total. The fourth-order valence-corrected chi connectivity index (χ4v) is 1.15. The van der Waals surface area contributed by atoms with Crippen LogP contribution in [-0.4, -0.2) is 0 Å². The van der Waals surface area contributed by atoms with Gasteiger partial charge in [-0.1, -0.05) is 64.2 Å². The van der Waals surface area contributed by atoms with Crippen molar-refractivity contribution < 1.29 is 0 Å². The van der Waals surface area contributed by atoms with Gasteiger partial charge in [-0.05, 0) is 0 Å². The minimum atomic E-state index is 0.196. The highest BCUT2D eigenvalue weighted by atomic mass is 14.2. The number of allylic oxidation sites excluding steroid dienone is 6. The fraction of sp³-hybridized carbons (Fsp3) is 0.500. The van der Waals surface area contributed by atoms with Crippen molar-refractivity contribution in [3.63, 3.8) is 0 Å². The second-order valence-electron chi connectivity index (χ2n) is 4.69. The summed E-state index contributed by atoms with van der Waals surface area (Å²) in [5.41, 5.74) is 0.393. The van der Waals surface area contributed by atoms with Gasteiger partial charge in [-0.15, -0.1) is 0 Å². The molecular formula is C12H18. The van der Waals surface area contributed by atoms with Crippen molar-refractivity contribution in [2.45, 2.75) is 27.7 Å². The zero-order chi connectivity index (χ0) is 9.24. The van der Waals surface area contributed by atoms with Crippen LogP contribution in [0.5, 0.6) is 0 Å². The highest BCUT2D eigenvalue weighted by molar-refractivity contribution is 5.22. The van der Waals surface area contributed by atoms with E-state index in [-0.39, 0.29) is 10.8 Å². The van der Waals surface area contributed by atoms with Gasteiger partial charge in [0.2, 0.25) is 0 Å². The normalized spacial score (nSPS) is 25.0. The summed E-state index contributed by atoms with van der Waals surface area (Å²) in [6.07, 6.45) is 13.2. The van der Waals surface area contributed by atoms with E-state index < -0.39 is 0 Å². The van der Waals surface area contributed by atoms with Crippen molar-refractivity contribution >= 4 is 0 Å². The van der Waals surface area contributed by atoms with Gasteiger partial charge in [0.1, 0.15) is 0 Å². The molecule has 66 valence electrons. The van der Waals surface area contributed by atoms with Crippen LogP contribution in [-0.2, 0) is 0 Å². The largest absolute Gasteiger partial charge is 0.0782 e. The average Bonchev–Trinajstić information content (AvgIpc) is 1.94. The first-order chi connectivity index (χ1) is 5.41. The number of hydrogen-bond acceptors (Lipinski definition) is 0. The van der Waals surface area contributed by atoms with Gasteiger partial charge in [-0.2, -0.15) is 0 Å². The molecule has 0 bridgehead atoms. The molecule has 1 aliphatic rings. The monoisotopic (exact) mass is 162 g/mol. The summed E-state index contributed by atoms with van der Waals surface area (Å²) in [5, 5.41) is 0. The molecule has 1 rings (SSSR count). The van der Waals surface area contributed by atoms with Crippen LogP contribution in [0.15, 0.2) is 36.5 Å². The first-order valence-corrected chi connectivity index (χ1v) is 4.49. The summed E-state index contributed by atoms with van der Waals surface area (Å²) in [4.78, 5) is 0. The topological polar surface area (TPSA) is 0 Å². The average molecular weight is 162 g/mol. The van der Waals surface area contributed by atoms with Crippen LogP contribution in [0, 0.1) is 10.8 Å². The van der Waals surface area contributed by atoms with Crippen LogP contribution in [0.3, 0.4) is 0 Å². The van der Waals surface area contributed by atoms with Gasteiger partial charge in [0.15, 0.2) is 0 Å². The molecule has 0 amide bonds. The Morgan fingerprint density at radius 1 is 0.583 bits per heavy atom. The molecule has 0 N–H and O–H groups in total. The summed E-state index contributed by atoms with van der Waals surface area (Å²) in [6, 6.07) is 0. The van der Waals surface area contributed by atoms with Crippen LogP contribution < -0.4 is 0 Å². The van der Waals surface area contributed by atoms with Crippen molar-refractivity contribution in [3.05, 3.63) is 36.5 Å². The Balaban J connectivity index is 2.97. The fourth-order valence-electron chi connectivity index (χ4n) is 1.15. The van der Waals surface area contributed by atoms with Gasteiger partial charge >= 0.3 is 0 Å². The molecular weight excluding hydrogens is 144 g/mol. The zero-order valence-corrected chi connectivity index (χ0v) is 8.46. The first kappa shape index (κ1) is 9.31. The maximum Gasteiger partial charge on any atom is 0.000783 e. The van der Waals surface area contributed by atoms with E-state index in [1.807, 2.05) is 0 Å². The Hall–Kier alpha value is -0.780. The third-order valence-corrected chi connectivity index (χ3v) is 2.11. The smallest absolute Gasteiger partial charge is 0.000783 e. The van der Waals surface area contributed by atoms with Gasteiger partial charge in [0, 0.05) is 10.8 Å². The molecule has 0 fully saturated rings.